The van der Waals surface area contributed by atoms with Crippen molar-refractivity contribution < 1.29 is 0 Å². The molecule has 76 valence electrons. The van der Waals surface area contributed by atoms with Crippen molar-refractivity contribution in [1.82, 2.24) is 0 Å². The zero-order chi connectivity index (χ0) is 10.5. The van der Waals surface area contributed by atoms with Crippen LogP contribution in [0, 0.1) is 5.41 Å². The van der Waals surface area contributed by atoms with Gasteiger partial charge in [-0.25, -0.2) is 4.99 Å². The number of allylic oxidation sites excluding steroid dienone is 1. The third-order valence-electron chi connectivity index (χ3n) is 1.60. The number of hydrogen-bond acceptors (Lipinski definition) is 1. The number of hydrogen-bond donors (Lipinski definition) is 1. The average Bonchev–Trinajstić information content (AvgIpc) is 1.99. The van der Waals surface area contributed by atoms with Crippen molar-refractivity contribution in [2.45, 2.75) is 40.5 Å². The van der Waals surface area contributed by atoms with Crippen molar-refractivity contribution in [1.29, 1.82) is 0 Å². The van der Waals surface area contributed by atoms with Gasteiger partial charge < -0.3 is 5.73 Å². The summed E-state index contributed by atoms with van der Waals surface area (Å²) >= 11 is 5.85. The van der Waals surface area contributed by atoms with E-state index in [2.05, 4.69) is 11.9 Å². The molecule has 3 heteroatoms. The Bertz CT molecular complexity index is 211. The van der Waals surface area contributed by atoms with Crippen LogP contribution in [0.1, 0.15) is 40.5 Å². The first-order valence-corrected chi connectivity index (χ1v) is 4.96. The standard InChI is InChI=1S/C10H19ClN2/c1-5-6-7-8(11)13-9(12)10(2,3)4/h7H,5-6H2,1-4H3,(H2,12,13)/b8-7-. The Balaban J connectivity index is 4.39. The second kappa shape index (κ2) is 5.28. The molecule has 0 aromatic heterocycles. The van der Waals surface area contributed by atoms with Crippen LogP contribution < -0.4 is 5.73 Å². The molecule has 0 amide bonds. The van der Waals surface area contributed by atoms with E-state index in [4.69, 9.17) is 17.3 Å². The van der Waals surface area contributed by atoms with Crippen LogP contribution in [0.25, 0.3) is 0 Å². The fourth-order valence-electron chi connectivity index (χ4n) is 0.592. The highest BCUT2D eigenvalue weighted by Crippen LogP contribution is 2.16. The number of unbranched alkanes of at least 4 members (excludes halogenated alkanes) is 1. The van der Waals surface area contributed by atoms with E-state index in [0.717, 1.165) is 12.8 Å². The Labute approximate surface area is 85.9 Å². The minimum absolute atomic E-state index is 0.111. The smallest absolute Gasteiger partial charge is 0.127 e. The third kappa shape index (κ3) is 5.69. The van der Waals surface area contributed by atoms with Gasteiger partial charge in [-0.1, -0.05) is 45.7 Å². The molecule has 0 fully saturated rings. The first-order valence-electron chi connectivity index (χ1n) is 4.58. The van der Waals surface area contributed by atoms with Crippen molar-refractivity contribution in [2.24, 2.45) is 16.1 Å². The largest absolute Gasteiger partial charge is 0.387 e. The van der Waals surface area contributed by atoms with E-state index in [1.807, 2.05) is 26.8 Å². The average molecular weight is 203 g/mol. The zero-order valence-corrected chi connectivity index (χ0v) is 9.65. The van der Waals surface area contributed by atoms with E-state index >= 15 is 0 Å². The molecule has 0 unspecified atom stereocenters. The van der Waals surface area contributed by atoms with Crippen LogP contribution in [-0.4, -0.2) is 5.84 Å². The SMILES string of the molecule is CCC/C=C(/Cl)N=C(N)C(C)(C)C. The molecule has 0 saturated heterocycles. The maximum atomic E-state index is 5.85. The van der Waals surface area contributed by atoms with Crippen LogP contribution in [0.5, 0.6) is 0 Å². The summed E-state index contributed by atoms with van der Waals surface area (Å²) in [6.45, 7) is 8.12. The van der Waals surface area contributed by atoms with Gasteiger partial charge in [0, 0.05) is 5.41 Å². The first kappa shape index (κ1) is 12.5. The number of amidine groups is 1. The molecule has 0 aromatic carbocycles. The van der Waals surface area contributed by atoms with Crippen molar-refractivity contribution in [3.05, 3.63) is 11.2 Å². The summed E-state index contributed by atoms with van der Waals surface area (Å²) < 4.78 is 0. The highest BCUT2D eigenvalue weighted by molar-refractivity contribution is 6.30. The minimum Gasteiger partial charge on any atom is -0.387 e. The third-order valence-corrected chi connectivity index (χ3v) is 1.84. The highest BCUT2D eigenvalue weighted by Gasteiger charge is 2.15. The molecule has 0 rings (SSSR count). The minimum atomic E-state index is -0.111. The highest BCUT2D eigenvalue weighted by atomic mass is 35.5. The maximum Gasteiger partial charge on any atom is 0.127 e. The zero-order valence-electron chi connectivity index (χ0n) is 8.89. The summed E-state index contributed by atoms with van der Waals surface area (Å²) in [7, 11) is 0. The van der Waals surface area contributed by atoms with E-state index < -0.39 is 0 Å². The Morgan fingerprint density at radius 3 is 2.38 bits per heavy atom. The van der Waals surface area contributed by atoms with Gasteiger partial charge in [-0.05, 0) is 12.5 Å². The van der Waals surface area contributed by atoms with Crippen molar-refractivity contribution in [3.63, 3.8) is 0 Å². The molecule has 0 atom stereocenters. The predicted molar refractivity (Wildman–Crippen MR) is 59.9 cm³/mol. The van der Waals surface area contributed by atoms with E-state index in [-0.39, 0.29) is 5.41 Å². The molecule has 0 radical (unpaired) electrons. The molecule has 0 bridgehead atoms. The monoisotopic (exact) mass is 202 g/mol. The molecule has 0 aliphatic rings. The molecule has 2 nitrogen and oxygen atoms in total. The number of nitrogens with two attached hydrogens (primary N) is 1. The fourth-order valence-corrected chi connectivity index (χ4v) is 0.792. The molecular formula is C10H19ClN2. The Kier molecular flexibility index (Phi) is 5.07. The quantitative estimate of drug-likeness (QED) is 0.426. The molecule has 0 heterocycles. The summed E-state index contributed by atoms with van der Waals surface area (Å²) in [6.07, 6.45) is 3.90. The number of halogens is 1. The predicted octanol–water partition coefficient (Wildman–Crippen LogP) is 3.27. The molecule has 0 aliphatic carbocycles. The van der Waals surface area contributed by atoms with Gasteiger partial charge in [0.15, 0.2) is 0 Å². The van der Waals surface area contributed by atoms with Crippen LogP contribution in [0.2, 0.25) is 0 Å². The lowest BCUT2D eigenvalue weighted by atomic mass is 9.95. The van der Waals surface area contributed by atoms with Crippen LogP contribution in [0.4, 0.5) is 0 Å². The van der Waals surface area contributed by atoms with Gasteiger partial charge >= 0.3 is 0 Å². The van der Waals surface area contributed by atoms with Gasteiger partial charge in [-0.15, -0.1) is 0 Å². The summed E-state index contributed by atoms with van der Waals surface area (Å²) in [4.78, 5) is 4.11. The maximum absolute atomic E-state index is 5.85. The molecule has 0 saturated carbocycles. The van der Waals surface area contributed by atoms with Gasteiger partial charge in [-0.3, -0.25) is 0 Å². The van der Waals surface area contributed by atoms with E-state index in [0.29, 0.717) is 11.0 Å². The van der Waals surface area contributed by atoms with Crippen LogP contribution >= 0.6 is 11.6 Å². The summed E-state index contributed by atoms with van der Waals surface area (Å²) in [5, 5.41) is 0.495. The number of rotatable bonds is 3. The molecule has 0 aliphatic heterocycles. The lowest BCUT2D eigenvalue weighted by Crippen LogP contribution is -2.28. The molecule has 0 spiro atoms. The van der Waals surface area contributed by atoms with E-state index in [1.54, 1.807) is 0 Å². The molecule has 0 aromatic rings. The lowest BCUT2D eigenvalue weighted by Gasteiger charge is -2.16. The van der Waals surface area contributed by atoms with Gasteiger partial charge in [-0.2, -0.15) is 0 Å². The molecule has 2 N–H and O–H groups in total. The lowest BCUT2D eigenvalue weighted by molar-refractivity contribution is 0.584. The number of aliphatic imine (C=N–C) groups is 1. The number of nitrogens with zero attached hydrogens (tertiary/aromatic N) is 1. The summed E-state index contributed by atoms with van der Waals surface area (Å²) in [5.41, 5.74) is 5.64. The van der Waals surface area contributed by atoms with Crippen LogP contribution in [-0.2, 0) is 0 Å². The molecule has 13 heavy (non-hydrogen) atoms. The summed E-state index contributed by atoms with van der Waals surface area (Å²) in [6, 6.07) is 0. The topological polar surface area (TPSA) is 38.4 Å². The van der Waals surface area contributed by atoms with Gasteiger partial charge in [0.25, 0.3) is 0 Å². The first-order chi connectivity index (χ1) is 5.88. The van der Waals surface area contributed by atoms with E-state index in [1.165, 1.54) is 0 Å². The second-order valence-electron chi connectivity index (χ2n) is 4.06. The van der Waals surface area contributed by atoms with Gasteiger partial charge in [0.1, 0.15) is 11.0 Å². The van der Waals surface area contributed by atoms with Crippen LogP contribution in [0.15, 0.2) is 16.2 Å². The Morgan fingerprint density at radius 2 is 2.00 bits per heavy atom. The summed E-state index contributed by atoms with van der Waals surface area (Å²) in [5.74, 6) is 0.574. The van der Waals surface area contributed by atoms with Gasteiger partial charge in [0.05, 0.1) is 0 Å². The van der Waals surface area contributed by atoms with Gasteiger partial charge in [0.2, 0.25) is 0 Å². The normalized spacial score (nSPS) is 14.8. The van der Waals surface area contributed by atoms with Crippen molar-refractivity contribution in [2.75, 3.05) is 0 Å². The van der Waals surface area contributed by atoms with Crippen LogP contribution in [0.3, 0.4) is 0 Å². The van der Waals surface area contributed by atoms with Crippen molar-refractivity contribution >= 4 is 17.4 Å². The molecular weight excluding hydrogens is 184 g/mol. The Hall–Kier alpha value is -0.500. The Morgan fingerprint density at radius 1 is 1.46 bits per heavy atom. The van der Waals surface area contributed by atoms with Crippen molar-refractivity contribution in [3.8, 4) is 0 Å². The van der Waals surface area contributed by atoms with E-state index in [9.17, 15) is 0 Å². The second-order valence-corrected chi connectivity index (χ2v) is 4.45. The fraction of sp³-hybridized carbons (Fsp3) is 0.700.